The van der Waals surface area contributed by atoms with E-state index in [-0.39, 0.29) is 11.2 Å². The second kappa shape index (κ2) is 7.86. The van der Waals surface area contributed by atoms with Gasteiger partial charge >= 0.3 is 5.97 Å². The molecule has 2 aromatic rings. The van der Waals surface area contributed by atoms with Gasteiger partial charge in [-0.15, -0.1) is 0 Å². The molecule has 0 radical (unpaired) electrons. The first-order valence-electron chi connectivity index (χ1n) is 9.91. The molecular formula is C25H29NO3. The SMILES string of the molecule is Cc1ccc(C2=C(OC(=O)c3ccc(N(C)C)cc3)CC(C)(C)CC2=O)c(C)c1. The molecule has 0 aliphatic heterocycles. The van der Waals surface area contributed by atoms with Crippen LogP contribution < -0.4 is 4.90 Å². The predicted molar refractivity (Wildman–Crippen MR) is 117 cm³/mol. The average Bonchev–Trinajstić information content (AvgIpc) is 2.62. The molecule has 0 amide bonds. The number of carbonyl (C=O) groups is 2. The largest absolute Gasteiger partial charge is 0.427 e. The van der Waals surface area contributed by atoms with Crippen LogP contribution in [-0.4, -0.2) is 25.8 Å². The third-order valence-electron chi connectivity index (χ3n) is 5.32. The molecule has 4 heteroatoms. The topological polar surface area (TPSA) is 46.6 Å². The van der Waals surface area contributed by atoms with Gasteiger partial charge in [-0.3, -0.25) is 4.79 Å². The number of benzene rings is 2. The smallest absolute Gasteiger partial charge is 0.343 e. The van der Waals surface area contributed by atoms with Gasteiger partial charge in [-0.25, -0.2) is 4.79 Å². The minimum atomic E-state index is -0.432. The molecule has 0 saturated heterocycles. The van der Waals surface area contributed by atoms with E-state index in [1.54, 1.807) is 12.1 Å². The Morgan fingerprint density at radius 2 is 1.66 bits per heavy atom. The third kappa shape index (κ3) is 4.58. The van der Waals surface area contributed by atoms with Crippen molar-refractivity contribution in [3.05, 3.63) is 70.5 Å². The zero-order valence-electron chi connectivity index (χ0n) is 18.1. The minimum Gasteiger partial charge on any atom is -0.427 e. The van der Waals surface area contributed by atoms with Gasteiger partial charge in [-0.1, -0.05) is 37.6 Å². The molecule has 0 bridgehead atoms. The van der Waals surface area contributed by atoms with Gasteiger partial charge in [-0.05, 0) is 54.7 Å². The van der Waals surface area contributed by atoms with Gasteiger partial charge in [-0.2, -0.15) is 0 Å². The lowest BCUT2D eigenvalue weighted by Gasteiger charge is -2.32. The number of carbonyl (C=O) groups excluding carboxylic acids is 2. The highest BCUT2D eigenvalue weighted by molar-refractivity contribution is 6.23. The molecule has 0 atom stereocenters. The summed E-state index contributed by atoms with van der Waals surface area (Å²) in [6, 6.07) is 13.3. The number of aryl methyl sites for hydroxylation is 2. The number of ether oxygens (including phenoxy) is 1. The summed E-state index contributed by atoms with van der Waals surface area (Å²) in [5, 5.41) is 0. The summed E-state index contributed by atoms with van der Waals surface area (Å²) < 4.78 is 5.84. The Balaban J connectivity index is 2.00. The zero-order chi connectivity index (χ0) is 21.3. The molecule has 0 fully saturated rings. The van der Waals surface area contributed by atoms with Gasteiger partial charge in [0.25, 0.3) is 0 Å². The van der Waals surface area contributed by atoms with Gasteiger partial charge in [0, 0.05) is 32.6 Å². The number of anilines is 1. The second-order valence-corrected chi connectivity index (χ2v) is 8.89. The highest BCUT2D eigenvalue weighted by Gasteiger charge is 2.36. The Morgan fingerprint density at radius 1 is 1.00 bits per heavy atom. The van der Waals surface area contributed by atoms with Crippen molar-refractivity contribution in [3.8, 4) is 0 Å². The maximum atomic E-state index is 13.0. The molecule has 0 aromatic heterocycles. The Bertz CT molecular complexity index is 982. The third-order valence-corrected chi connectivity index (χ3v) is 5.32. The monoisotopic (exact) mass is 391 g/mol. The van der Waals surface area contributed by atoms with E-state index in [0.29, 0.717) is 29.7 Å². The van der Waals surface area contributed by atoms with Crippen molar-refractivity contribution in [2.45, 2.75) is 40.5 Å². The van der Waals surface area contributed by atoms with Crippen molar-refractivity contribution in [2.75, 3.05) is 19.0 Å². The van der Waals surface area contributed by atoms with Crippen LogP contribution in [-0.2, 0) is 9.53 Å². The highest BCUT2D eigenvalue weighted by Crippen LogP contribution is 2.41. The second-order valence-electron chi connectivity index (χ2n) is 8.89. The summed E-state index contributed by atoms with van der Waals surface area (Å²) in [6.45, 7) is 8.07. The molecule has 0 N–H and O–H groups in total. The fourth-order valence-electron chi connectivity index (χ4n) is 3.81. The standard InChI is InChI=1S/C25H29NO3/c1-16-7-12-20(17(2)13-16)23-21(27)14-25(3,4)15-22(23)29-24(28)18-8-10-19(11-9-18)26(5)6/h7-13H,14-15H2,1-6H3. The Labute approximate surface area is 173 Å². The summed E-state index contributed by atoms with van der Waals surface area (Å²) >= 11 is 0. The molecule has 0 saturated carbocycles. The average molecular weight is 392 g/mol. The number of Topliss-reactive ketones (excluding diaryl/α,β-unsaturated/α-hetero) is 1. The maximum Gasteiger partial charge on any atom is 0.343 e. The van der Waals surface area contributed by atoms with Crippen molar-refractivity contribution >= 4 is 23.0 Å². The molecule has 0 unspecified atom stereocenters. The number of nitrogens with zero attached hydrogens (tertiary/aromatic N) is 1. The first-order valence-corrected chi connectivity index (χ1v) is 9.91. The van der Waals surface area contributed by atoms with E-state index >= 15 is 0 Å². The van der Waals surface area contributed by atoms with Crippen molar-refractivity contribution in [1.29, 1.82) is 0 Å². The normalized spacial score (nSPS) is 16.0. The maximum absolute atomic E-state index is 13.0. The molecule has 4 nitrogen and oxygen atoms in total. The molecule has 29 heavy (non-hydrogen) atoms. The molecule has 0 heterocycles. The van der Waals surface area contributed by atoms with Crippen molar-refractivity contribution in [3.63, 3.8) is 0 Å². The molecule has 1 aliphatic carbocycles. The van der Waals surface area contributed by atoms with Gasteiger partial charge < -0.3 is 9.64 Å². The first kappa shape index (κ1) is 20.8. The lowest BCUT2D eigenvalue weighted by Crippen LogP contribution is -2.27. The fraction of sp³-hybridized carbons (Fsp3) is 0.360. The van der Waals surface area contributed by atoms with Crippen LogP contribution >= 0.6 is 0 Å². The number of rotatable bonds is 4. The van der Waals surface area contributed by atoms with E-state index in [1.807, 2.05) is 71.0 Å². The summed E-state index contributed by atoms with van der Waals surface area (Å²) in [7, 11) is 3.90. The van der Waals surface area contributed by atoms with E-state index in [1.165, 1.54) is 0 Å². The highest BCUT2D eigenvalue weighted by atomic mass is 16.5. The lowest BCUT2D eigenvalue weighted by atomic mass is 9.74. The quantitative estimate of drug-likeness (QED) is 0.661. The van der Waals surface area contributed by atoms with Gasteiger partial charge in [0.05, 0.1) is 11.1 Å². The summed E-state index contributed by atoms with van der Waals surface area (Å²) in [5.41, 5.74) is 4.77. The number of hydrogen-bond acceptors (Lipinski definition) is 4. The van der Waals surface area contributed by atoms with Gasteiger partial charge in [0.1, 0.15) is 5.76 Å². The first-order chi connectivity index (χ1) is 13.6. The van der Waals surface area contributed by atoms with Crippen LogP contribution in [0.4, 0.5) is 5.69 Å². The molecule has 2 aromatic carbocycles. The zero-order valence-corrected chi connectivity index (χ0v) is 18.1. The molecule has 152 valence electrons. The van der Waals surface area contributed by atoms with Crippen molar-refractivity contribution < 1.29 is 14.3 Å². The van der Waals surface area contributed by atoms with Crippen LogP contribution in [0.1, 0.15) is 53.7 Å². The molecule has 1 aliphatic rings. The Morgan fingerprint density at radius 3 is 2.24 bits per heavy atom. The Hall–Kier alpha value is -2.88. The van der Waals surface area contributed by atoms with E-state index in [9.17, 15) is 9.59 Å². The number of allylic oxidation sites excluding steroid dienone is 2. The van der Waals surface area contributed by atoms with Crippen molar-refractivity contribution in [2.24, 2.45) is 5.41 Å². The number of esters is 1. The van der Waals surface area contributed by atoms with E-state index < -0.39 is 5.97 Å². The minimum absolute atomic E-state index is 0.0268. The van der Waals surface area contributed by atoms with Crippen LogP contribution in [0.3, 0.4) is 0 Å². The summed E-state index contributed by atoms with van der Waals surface area (Å²) in [5.74, 6) is 0.0666. The van der Waals surface area contributed by atoms with Crippen LogP contribution in [0.2, 0.25) is 0 Å². The number of hydrogen-bond donors (Lipinski definition) is 0. The van der Waals surface area contributed by atoms with Gasteiger partial charge in [0.15, 0.2) is 5.78 Å². The van der Waals surface area contributed by atoms with Crippen molar-refractivity contribution in [1.82, 2.24) is 0 Å². The number of ketones is 1. The lowest BCUT2D eigenvalue weighted by molar-refractivity contribution is -0.116. The predicted octanol–water partition coefficient (Wildman–Crippen LogP) is 5.33. The molecule has 0 spiro atoms. The summed E-state index contributed by atoms with van der Waals surface area (Å²) in [4.78, 5) is 27.9. The van der Waals surface area contributed by atoms with E-state index in [2.05, 4.69) is 6.07 Å². The molecule has 3 rings (SSSR count). The summed E-state index contributed by atoms with van der Waals surface area (Å²) in [6.07, 6.45) is 0.983. The molecular weight excluding hydrogens is 362 g/mol. The Kier molecular flexibility index (Phi) is 5.65. The van der Waals surface area contributed by atoms with Crippen LogP contribution in [0.15, 0.2) is 48.2 Å². The van der Waals surface area contributed by atoms with Crippen LogP contribution in [0.5, 0.6) is 0 Å². The van der Waals surface area contributed by atoms with E-state index in [0.717, 1.165) is 22.4 Å². The van der Waals surface area contributed by atoms with Crippen LogP contribution in [0.25, 0.3) is 5.57 Å². The van der Waals surface area contributed by atoms with Gasteiger partial charge in [0.2, 0.25) is 0 Å². The fourth-order valence-corrected chi connectivity index (χ4v) is 3.81. The van der Waals surface area contributed by atoms with E-state index in [4.69, 9.17) is 4.74 Å². The van der Waals surface area contributed by atoms with Crippen LogP contribution in [0, 0.1) is 19.3 Å².